The van der Waals surface area contributed by atoms with Crippen LogP contribution in [0.15, 0.2) is 0 Å². The number of carbonyl (C=O) groups is 2. The van der Waals surface area contributed by atoms with Crippen LogP contribution in [0.2, 0.25) is 0 Å². The second-order valence-corrected chi connectivity index (χ2v) is 3.68. The molecule has 1 unspecified atom stereocenters. The van der Waals surface area contributed by atoms with Crippen LogP contribution in [0.25, 0.3) is 0 Å². The van der Waals surface area contributed by atoms with Gasteiger partial charge >= 0.3 is 0 Å². The molecule has 1 aliphatic heterocycles. The average molecular weight is 215 g/mol. The number of hydrogen-bond acceptors (Lipinski definition) is 4. The highest BCUT2D eigenvalue weighted by molar-refractivity contribution is 5.76. The van der Waals surface area contributed by atoms with Gasteiger partial charge in [-0.25, -0.2) is 5.48 Å². The van der Waals surface area contributed by atoms with Crippen molar-refractivity contribution in [2.45, 2.75) is 19.3 Å². The van der Waals surface area contributed by atoms with Gasteiger partial charge in [0.05, 0.1) is 0 Å². The Morgan fingerprint density at radius 3 is 2.93 bits per heavy atom. The predicted octanol–water partition coefficient (Wildman–Crippen LogP) is -1.09. The number of rotatable bonds is 6. The summed E-state index contributed by atoms with van der Waals surface area (Å²) in [6, 6.07) is 0. The Balaban J connectivity index is 2.00. The summed E-state index contributed by atoms with van der Waals surface area (Å²) in [4.78, 5) is 26.0. The first-order valence-corrected chi connectivity index (χ1v) is 5.08. The van der Waals surface area contributed by atoms with Gasteiger partial charge < -0.3 is 11.1 Å². The minimum atomic E-state index is -0.602. The maximum atomic E-state index is 11.2. The molecule has 0 aromatic heterocycles. The fourth-order valence-electron chi connectivity index (χ4n) is 1.53. The van der Waals surface area contributed by atoms with Crippen LogP contribution in [-0.2, 0) is 14.4 Å². The smallest absolute Gasteiger partial charge is 0.246 e. The van der Waals surface area contributed by atoms with E-state index in [1.165, 1.54) is 0 Å². The Labute approximate surface area is 88.5 Å². The van der Waals surface area contributed by atoms with Crippen LogP contribution in [0.1, 0.15) is 19.3 Å². The summed E-state index contributed by atoms with van der Waals surface area (Å²) in [6.07, 6.45) is 2.39. The Morgan fingerprint density at radius 1 is 1.53 bits per heavy atom. The highest BCUT2D eigenvalue weighted by Crippen LogP contribution is 2.13. The number of hydrogen-bond donors (Lipinski definition) is 3. The lowest BCUT2D eigenvalue weighted by Crippen LogP contribution is -2.29. The number of hydroxylamine groups is 1. The molecule has 6 nitrogen and oxygen atoms in total. The highest BCUT2D eigenvalue weighted by atomic mass is 16.7. The van der Waals surface area contributed by atoms with Crippen molar-refractivity contribution in [1.82, 2.24) is 10.8 Å². The van der Waals surface area contributed by atoms with Gasteiger partial charge in [-0.15, -0.1) is 0 Å². The summed E-state index contributed by atoms with van der Waals surface area (Å²) >= 11 is 0. The van der Waals surface area contributed by atoms with Gasteiger partial charge in [0.25, 0.3) is 0 Å². The molecule has 1 heterocycles. The van der Waals surface area contributed by atoms with E-state index >= 15 is 0 Å². The SMILES string of the molecule is NC(=O)CONC(=O)CCC1CCNC1. The first-order valence-electron chi connectivity index (χ1n) is 5.08. The van der Waals surface area contributed by atoms with E-state index < -0.39 is 5.91 Å². The van der Waals surface area contributed by atoms with Gasteiger partial charge in [-0.1, -0.05) is 0 Å². The van der Waals surface area contributed by atoms with Gasteiger partial charge in [-0.2, -0.15) is 0 Å². The summed E-state index contributed by atoms with van der Waals surface area (Å²) in [5.41, 5.74) is 7.01. The number of nitrogens with two attached hydrogens (primary N) is 1. The molecular weight excluding hydrogens is 198 g/mol. The monoisotopic (exact) mass is 215 g/mol. The molecule has 6 heteroatoms. The van der Waals surface area contributed by atoms with E-state index in [-0.39, 0.29) is 12.5 Å². The third-order valence-corrected chi connectivity index (χ3v) is 2.34. The van der Waals surface area contributed by atoms with Gasteiger partial charge in [0.1, 0.15) is 0 Å². The largest absolute Gasteiger partial charge is 0.368 e. The molecule has 0 spiro atoms. The first-order chi connectivity index (χ1) is 7.18. The maximum absolute atomic E-state index is 11.2. The van der Waals surface area contributed by atoms with Crippen molar-refractivity contribution < 1.29 is 14.4 Å². The van der Waals surface area contributed by atoms with E-state index in [1.807, 2.05) is 0 Å². The van der Waals surface area contributed by atoms with E-state index in [9.17, 15) is 9.59 Å². The van der Waals surface area contributed by atoms with Crippen molar-refractivity contribution in [2.75, 3.05) is 19.7 Å². The summed E-state index contributed by atoms with van der Waals surface area (Å²) in [5, 5.41) is 3.23. The molecule has 0 aliphatic carbocycles. The molecule has 0 bridgehead atoms. The summed E-state index contributed by atoms with van der Waals surface area (Å²) in [6.45, 7) is 1.73. The molecular formula is C9H17N3O3. The lowest BCUT2D eigenvalue weighted by atomic mass is 10.0. The van der Waals surface area contributed by atoms with Crippen molar-refractivity contribution in [3.05, 3.63) is 0 Å². The number of nitrogens with one attached hydrogen (secondary N) is 2. The molecule has 0 radical (unpaired) electrons. The van der Waals surface area contributed by atoms with Crippen molar-refractivity contribution in [1.29, 1.82) is 0 Å². The minimum Gasteiger partial charge on any atom is -0.368 e. The Kier molecular flexibility index (Phi) is 5.06. The number of amides is 2. The fraction of sp³-hybridized carbons (Fsp3) is 0.778. The summed E-state index contributed by atoms with van der Waals surface area (Å²) in [7, 11) is 0. The third kappa shape index (κ3) is 5.34. The molecule has 1 rings (SSSR count). The van der Waals surface area contributed by atoms with E-state index in [4.69, 9.17) is 5.73 Å². The van der Waals surface area contributed by atoms with Crippen LogP contribution in [0.3, 0.4) is 0 Å². The van der Waals surface area contributed by atoms with Gasteiger partial charge in [0, 0.05) is 6.42 Å². The third-order valence-electron chi connectivity index (χ3n) is 2.34. The number of primary amides is 1. The lowest BCUT2D eigenvalue weighted by molar-refractivity contribution is -0.138. The minimum absolute atomic E-state index is 0.205. The molecule has 1 aliphatic rings. The second-order valence-electron chi connectivity index (χ2n) is 3.68. The quantitative estimate of drug-likeness (QED) is 0.491. The maximum Gasteiger partial charge on any atom is 0.246 e. The van der Waals surface area contributed by atoms with Crippen LogP contribution in [0.5, 0.6) is 0 Å². The zero-order valence-corrected chi connectivity index (χ0v) is 8.62. The topological polar surface area (TPSA) is 93.5 Å². The zero-order chi connectivity index (χ0) is 11.1. The van der Waals surface area contributed by atoms with Crippen LogP contribution in [0.4, 0.5) is 0 Å². The van der Waals surface area contributed by atoms with Gasteiger partial charge in [-0.05, 0) is 31.8 Å². The van der Waals surface area contributed by atoms with E-state index in [0.717, 1.165) is 25.9 Å². The normalized spacial score (nSPS) is 20.1. The zero-order valence-electron chi connectivity index (χ0n) is 8.62. The van der Waals surface area contributed by atoms with Crippen molar-refractivity contribution in [3.63, 3.8) is 0 Å². The lowest BCUT2D eigenvalue weighted by Gasteiger charge is -2.07. The van der Waals surface area contributed by atoms with Crippen LogP contribution < -0.4 is 16.5 Å². The Morgan fingerprint density at radius 2 is 2.33 bits per heavy atom. The molecule has 0 aromatic rings. The molecule has 2 amide bonds. The van der Waals surface area contributed by atoms with Crippen molar-refractivity contribution in [3.8, 4) is 0 Å². The first kappa shape index (κ1) is 11.9. The average Bonchev–Trinajstić information content (AvgIpc) is 2.66. The van der Waals surface area contributed by atoms with Crippen LogP contribution >= 0.6 is 0 Å². The molecule has 86 valence electrons. The van der Waals surface area contributed by atoms with Crippen molar-refractivity contribution in [2.24, 2.45) is 11.7 Å². The molecule has 4 N–H and O–H groups in total. The van der Waals surface area contributed by atoms with Gasteiger partial charge in [0.15, 0.2) is 6.61 Å². The Bertz CT molecular complexity index is 227. The van der Waals surface area contributed by atoms with Gasteiger partial charge in [0.2, 0.25) is 11.8 Å². The van der Waals surface area contributed by atoms with E-state index in [2.05, 4.69) is 15.6 Å². The standard InChI is InChI=1S/C9H17N3O3/c10-8(13)6-15-12-9(14)2-1-7-3-4-11-5-7/h7,11H,1-6H2,(H2,10,13)(H,12,14). The number of carbonyl (C=O) groups excluding carboxylic acids is 2. The Hall–Kier alpha value is -1.14. The molecule has 1 saturated heterocycles. The van der Waals surface area contributed by atoms with Crippen LogP contribution in [-0.4, -0.2) is 31.5 Å². The summed E-state index contributed by atoms with van der Waals surface area (Å²) in [5.74, 6) is -0.231. The molecule has 1 atom stereocenters. The van der Waals surface area contributed by atoms with E-state index in [1.54, 1.807) is 0 Å². The predicted molar refractivity (Wildman–Crippen MR) is 53.5 cm³/mol. The van der Waals surface area contributed by atoms with Crippen LogP contribution in [0, 0.1) is 5.92 Å². The molecule has 1 fully saturated rings. The highest BCUT2D eigenvalue weighted by Gasteiger charge is 2.15. The second kappa shape index (κ2) is 6.36. The molecule has 0 saturated carbocycles. The molecule has 0 aromatic carbocycles. The van der Waals surface area contributed by atoms with Crippen molar-refractivity contribution >= 4 is 11.8 Å². The summed E-state index contributed by atoms with van der Waals surface area (Å²) < 4.78 is 0. The van der Waals surface area contributed by atoms with E-state index in [0.29, 0.717) is 12.3 Å². The molecule has 15 heavy (non-hydrogen) atoms. The fourth-order valence-corrected chi connectivity index (χ4v) is 1.53. The van der Waals surface area contributed by atoms with Gasteiger partial charge in [-0.3, -0.25) is 14.4 Å².